The summed E-state index contributed by atoms with van der Waals surface area (Å²) in [6.45, 7) is 0. The van der Waals surface area contributed by atoms with Gasteiger partial charge in [0.05, 0.1) is 0 Å². The van der Waals surface area contributed by atoms with Crippen molar-refractivity contribution in [2.75, 3.05) is 6.16 Å². The zero-order valence-electron chi connectivity index (χ0n) is 19.8. The molecule has 0 fully saturated rings. The molecule has 0 radical (unpaired) electrons. The van der Waals surface area contributed by atoms with Gasteiger partial charge >= 0.3 is 218 Å². The number of rotatable bonds is 8. The normalized spacial score (nSPS) is 12.7. The fourth-order valence-electron chi connectivity index (χ4n) is 5.32. The second-order valence-corrected chi connectivity index (χ2v) is 18.1. The summed E-state index contributed by atoms with van der Waals surface area (Å²) in [6, 6.07) is 55.2. The van der Waals surface area contributed by atoms with E-state index in [0.29, 0.717) is 5.92 Å². The molecule has 0 amide bonds. The molecule has 2 heteroatoms. The maximum atomic E-state index is 4.62. The van der Waals surface area contributed by atoms with E-state index in [-0.39, 0.29) is 0 Å². The van der Waals surface area contributed by atoms with Crippen molar-refractivity contribution in [3.05, 3.63) is 163 Å². The van der Waals surface area contributed by atoms with Crippen LogP contribution in [0.5, 0.6) is 0 Å². The summed E-state index contributed by atoms with van der Waals surface area (Å²) < 4.78 is 0. The van der Waals surface area contributed by atoms with Crippen molar-refractivity contribution in [3.8, 4) is 0 Å². The summed E-state index contributed by atoms with van der Waals surface area (Å²) in [4.78, 5) is 0. The van der Waals surface area contributed by atoms with Crippen molar-refractivity contribution in [2.45, 2.75) is 12.3 Å². The Bertz CT molecular complexity index is 1200. The molecule has 0 aromatic heterocycles. The third-order valence-electron chi connectivity index (χ3n) is 7.13. The Morgan fingerprint density at radius 3 is 1.03 bits per heavy atom. The van der Waals surface area contributed by atoms with Crippen LogP contribution in [0.15, 0.2) is 152 Å². The van der Waals surface area contributed by atoms with E-state index in [1.807, 2.05) is 0 Å². The van der Waals surface area contributed by atoms with E-state index in [0.717, 1.165) is 12.6 Å². The first-order valence-corrected chi connectivity index (χ1v) is 16.6. The molecule has 0 saturated heterocycles. The molecule has 35 heavy (non-hydrogen) atoms. The summed E-state index contributed by atoms with van der Waals surface area (Å²) in [5.74, 6) is 0.313. The van der Waals surface area contributed by atoms with E-state index in [1.54, 1.807) is 0 Å². The zero-order valence-corrected chi connectivity index (χ0v) is 22.2. The molecule has 5 rings (SSSR count). The van der Waals surface area contributed by atoms with Crippen molar-refractivity contribution < 1.29 is 0 Å². The number of halogens is 1. The molecule has 0 unspecified atom stereocenters. The van der Waals surface area contributed by atoms with Gasteiger partial charge in [0.2, 0.25) is 0 Å². The Morgan fingerprint density at radius 1 is 0.429 bits per heavy atom. The number of hydrogen-bond acceptors (Lipinski definition) is 0. The summed E-state index contributed by atoms with van der Waals surface area (Å²) in [7, 11) is 0. The second kappa shape index (κ2) is 10.3. The summed E-state index contributed by atoms with van der Waals surface area (Å²) >= 11 is 4.62. The quantitative estimate of drug-likeness (QED) is 0.176. The van der Waals surface area contributed by atoms with Crippen molar-refractivity contribution in [3.63, 3.8) is 0 Å². The van der Waals surface area contributed by atoms with Crippen LogP contribution in [0.3, 0.4) is 0 Å². The third kappa shape index (κ3) is 4.52. The number of hydrogen-bond donors (Lipinski definition) is 0. The fraction of sp³-hybridized carbons (Fsp3) is 0.0909. The molecular weight excluding hydrogens is 507 g/mol. The first-order chi connectivity index (χ1) is 17.2. The van der Waals surface area contributed by atoms with Crippen LogP contribution in [0.4, 0.5) is 0 Å². The van der Waals surface area contributed by atoms with Crippen molar-refractivity contribution >= 4 is 36.7 Å². The van der Waals surface area contributed by atoms with Gasteiger partial charge in [-0.15, -0.1) is 0 Å². The molecule has 0 atom stereocenters. The summed E-state index contributed by atoms with van der Waals surface area (Å²) in [5, 5.41) is 1.15. The maximum absolute atomic E-state index is 4.62. The molecule has 5 aromatic rings. The number of benzene rings is 5. The van der Waals surface area contributed by atoms with Crippen molar-refractivity contribution in [1.29, 1.82) is 0 Å². The Hall–Kier alpha value is -2.99. The third-order valence-corrected chi connectivity index (χ3v) is 17.1. The molecule has 174 valence electrons. The van der Waals surface area contributed by atoms with E-state index in [4.69, 9.17) is 0 Å². The molecule has 0 bridgehead atoms. The minimum absolute atomic E-state index is 0.313. The second-order valence-electron chi connectivity index (χ2n) is 9.08. The van der Waals surface area contributed by atoms with E-state index >= 15 is 0 Å². The van der Waals surface area contributed by atoms with E-state index < -0.39 is 5.31 Å². The standard InChI is InChI=1S/C33H30BrP/c34-35(30-20-10-3-11-21-30,31-22-12-4-13-23-31,32-24-14-5-15-25-32)27-26-33(28-16-6-1-7-17-28)29-18-8-2-9-19-29/h1-25,33H,26-27H2. The SMILES string of the molecule is BrP(CCC(c1ccccc1)c1ccccc1)(c1ccccc1)(c1ccccc1)c1ccccc1. The fourth-order valence-corrected chi connectivity index (χ4v) is 12.9. The van der Waals surface area contributed by atoms with Crippen LogP contribution < -0.4 is 15.9 Å². The summed E-state index contributed by atoms with van der Waals surface area (Å²) in [5.41, 5.74) is 2.73. The van der Waals surface area contributed by atoms with E-state index in [1.165, 1.54) is 27.0 Å². The molecule has 0 nitrogen and oxygen atoms in total. The van der Waals surface area contributed by atoms with Crippen LogP contribution in [0.25, 0.3) is 0 Å². The Balaban J connectivity index is 1.71. The minimum atomic E-state index is -2.96. The van der Waals surface area contributed by atoms with Gasteiger partial charge in [-0.3, -0.25) is 0 Å². The van der Waals surface area contributed by atoms with Crippen LogP contribution in [0, 0.1) is 0 Å². The topological polar surface area (TPSA) is 0 Å². The van der Waals surface area contributed by atoms with Gasteiger partial charge in [0.25, 0.3) is 0 Å². The van der Waals surface area contributed by atoms with E-state index in [2.05, 4.69) is 167 Å². The van der Waals surface area contributed by atoms with E-state index in [9.17, 15) is 0 Å². The molecule has 0 aliphatic carbocycles. The van der Waals surface area contributed by atoms with Gasteiger partial charge in [-0.25, -0.2) is 0 Å². The Morgan fingerprint density at radius 2 is 0.714 bits per heavy atom. The van der Waals surface area contributed by atoms with Gasteiger partial charge in [-0.05, 0) is 0 Å². The molecule has 0 heterocycles. The molecule has 0 aliphatic rings. The molecule has 0 saturated carbocycles. The first-order valence-electron chi connectivity index (χ1n) is 12.2. The Labute approximate surface area is 217 Å². The average Bonchev–Trinajstić information content (AvgIpc) is 2.96. The van der Waals surface area contributed by atoms with Crippen LogP contribution in [-0.4, -0.2) is 6.16 Å². The van der Waals surface area contributed by atoms with Gasteiger partial charge in [0.1, 0.15) is 0 Å². The van der Waals surface area contributed by atoms with Gasteiger partial charge in [0.15, 0.2) is 0 Å². The Kier molecular flexibility index (Phi) is 7.00. The van der Waals surface area contributed by atoms with Crippen molar-refractivity contribution in [1.82, 2.24) is 0 Å². The predicted molar refractivity (Wildman–Crippen MR) is 158 cm³/mol. The van der Waals surface area contributed by atoms with Gasteiger partial charge in [0, 0.05) is 0 Å². The molecular formula is C33H30BrP. The zero-order chi connectivity index (χ0) is 24.0. The van der Waals surface area contributed by atoms with Crippen LogP contribution >= 0.6 is 20.8 Å². The van der Waals surface area contributed by atoms with Gasteiger partial charge < -0.3 is 0 Å². The van der Waals surface area contributed by atoms with Gasteiger partial charge in [-0.1, -0.05) is 0 Å². The predicted octanol–water partition coefficient (Wildman–Crippen LogP) is 8.05. The molecule has 0 N–H and O–H groups in total. The van der Waals surface area contributed by atoms with Crippen molar-refractivity contribution in [2.24, 2.45) is 0 Å². The van der Waals surface area contributed by atoms with Crippen LogP contribution in [-0.2, 0) is 0 Å². The molecule has 0 spiro atoms. The van der Waals surface area contributed by atoms with Crippen LogP contribution in [0.2, 0.25) is 0 Å². The monoisotopic (exact) mass is 536 g/mol. The first kappa shape index (κ1) is 23.7. The molecule has 5 aromatic carbocycles. The summed E-state index contributed by atoms with van der Waals surface area (Å²) in [6.07, 6.45) is 2.04. The van der Waals surface area contributed by atoms with Gasteiger partial charge in [-0.2, -0.15) is 0 Å². The molecule has 0 aliphatic heterocycles. The average molecular weight is 537 g/mol. The van der Waals surface area contributed by atoms with Crippen LogP contribution in [0.1, 0.15) is 23.5 Å².